The van der Waals surface area contributed by atoms with Crippen molar-refractivity contribution >= 4 is 28.9 Å². The van der Waals surface area contributed by atoms with Crippen molar-refractivity contribution in [3.63, 3.8) is 0 Å². The van der Waals surface area contributed by atoms with E-state index >= 15 is 0 Å². The first-order chi connectivity index (χ1) is 16.3. The minimum atomic E-state index is -2.90. The molecule has 3 aromatic heterocycles. The van der Waals surface area contributed by atoms with E-state index in [1.807, 2.05) is 23.6 Å². The highest BCUT2D eigenvalue weighted by Crippen LogP contribution is 2.29. The zero-order chi connectivity index (χ0) is 24.2. The molecule has 3 heterocycles. The van der Waals surface area contributed by atoms with Crippen molar-refractivity contribution < 1.29 is 23.4 Å². The molecule has 0 unspecified atom stereocenters. The number of anilines is 2. The van der Waals surface area contributed by atoms with Crippen LogP contribution in [-0.4, -0.2) is 32.5 Å². The van der Waals surface area contributed by atoms with Gasteiger partial charge in [-0.25, -0.2) is 14.5 Å². The van der Waals surface area contributed by atoms with Crippen LogP contribution in [0.1, 0.15) is 29.9 Å². The monoisotopic (exact) mass is 484 g/mol. The van der Waals surface area contributed by atoms with Gasteiger partial charge in [0.15, 0.2) is 5.82 Å². The predicted octanol–water partition coefficient (Wildman–Crippen LogP) is 6.24. The SMILES string of the molecule is CC(C)Cc1cc(Nc2ncc(-c3cccs3)cc2C(=O)O)nn1-c1ccc(OC(F)F)cc1. The molecule has 10 heteroatoms. The molecule has 34 heavy (non-hydrogen) atoms. The molecule has 0 aliphatic rings. The van der Waals surface area contributed by atoms with Gasteiger partial charge >= 0.3 is 12.6 Å². The molecule has 0 aliphatic heterocycles. The second-order valence-electron chi connectivity index (χ2n) is 7.93. The molecule has 7 nitrogen and oxygen atoms in total. The van der Waals surface area contributed by atoms with E-state index in [1.54, 1.807) is 29.1 Å². The highest BCUT2D eigenvalue weighted by molar-refractivity contribution is 7.13. The largest absolute Gasteiger partial charge is 0.478 e. The van der Waals surface area contributed by atoms with Gasteiger partial charge in [0.1, 0.15) is 17.1 Å². The van der Waals surface area contributed by atoms with Gasteiger partial charge in [-0.1, -0.05) is 19.9 Å². The maximum absolute atomic E-state index is 12.5. The molecule has 0 fully saturated rings. The van der Waals surface area contributed by atoms with Crippen LogP contribution in [0, 0.1) is 5.92 Å². The second-order valence-corrected chi connectivity index (χ2v) is 8.88. The highest BCUT2D eigenvalue weighted by atomic mass is 32.1. The Balaban J connectivity index is 1.66. The topological polar surface area (TPSA) is 89.3 Å². The van der Waals surface area contributed by atoms with Crippen LogP contribution in [0.4, 0.5) is 20.4 Å². The van der Waals surface area contributed by atoms with Crippen LogP contribution in [-0.2, 0) is 6.42 Å². The first-order valence-electron chi connectivity index (χ1n) is 10.5. The lowest BCUT2D eigenvalue weighted by molar-refractivity contribution is -0.0498. The fraction of sp³-hybridized carbons (Fsp3) is 0.208. The summed E-state index contributed by atoms with van der Waals surface area (Å²) < 4.78 is 31.0. The smallest absolute Gasteiger partial charge is 0.387 e. The fourth-order valence-corrected chi connectivity index (χ4v) is 4.17. The van der Waals surface area contributed by atoms with Gasteiger partial charge in [0.05, 0.1) is 5.69 Å². The van der Waals surface area contributed by atoms with E-state index in [1.165, 1.54) is 23.5 Å². The number of hydrogen-bond donors (Lipinski definition) is 2. The Morgan fingerprint density at radius 3 is 2.59 bits per heavy atom. The van der Waals surface area contributed by atoms with Crippen molar-refractivity contribution in [2.75, 3.05) is 5.32 Å². The Morgan fingerprint density at radius 2 is 1.97 bits per heavy atom. The van der Waals surface area contributed by atoms with Gasteiger partial charge in [0.25, 0.3) is 0 Å². The second kappa shape index (κ2) is 10.0. The van der Waals surface area contributed by atoms with Crippen LogP contribution in [0.15, 0.2) is 60.1 Å². The number of aromatic nitrogens is 3. The number of benzene rings is 1. The van der Waals surface area contributed by atoms with Gasteiger partial charge in [0.2, 0.25) is 0 Å². The number of hydrogen-bond acceptors (Lipinski definition) is 6. The fourth-order valence-electron chi connectivity index (χ4n) is 3.46. The maximum Gasteiger partial charge on any atom is 0.387 e. The molecule has 0 amide bonds. The van der Waals surface area contributed by atoms with Crippen molar-refractivity contribution in [3.05, 3.63) is 71.4 Å². The number of thiophene rings is 1. The average molecular weight is 485 g/mol. The summed E-state index contributed by atoms with van der Waals surface area (Å²) in [5, 5.41) is 19.3. The van der Waals surface area contributed by atoms with E-state index in [2.05, 4.69) is 34.0 Å². The van der Waals surface area contributed by atoms with E-state index < -0.39 is 12.6 Å². The summed E-state index contributed by atoms with van der Waals surface area (Å²) in [6.45, 7) is 1.24. The Labute approximate surface area is 198 Å². The zero-order valence-electron chi connectivity index (χ0n) is 18.4. The number of carboxylic acid groups (broad SMARTS) is 1. The standard InChI is InChI=1S/C24H22F2N4O3S/c1-14(2)10-17-12-21(29-30(17)16-5-7-18(8-6-16)33-24(25)26)28-22-19(23(31)32)11-15(13-27-22)20-4-3-9-34-20/h3-9,11-14,24H,10H2,1-2H3,(H,31,32)(H,27,28,29). The van der Waals surface area contributed by atoms with Gasteiger partial charge < -0.3 is 15.2 Å². The molecule has 0 spiro atoms. The number of halogens is 2. The number of ether oxygens (including phenoxy) is 1. The van der Waals surface area contributed by atoms with Crippen LogP contribution in [0.5, 0.6) is 5.75 Å². The number of carbonyl (C=O) groups is 1. The van der Waals surface area contributed by atoms with E-state index in [9.17, 15) is 18.7 Å². The van der Waals surface area contributed by atoms with Crippen LogP contribution >= 0.6 is 11.3 Å². The summed E-state index contributed by atoms with van der Waals surface area (Å²) in [7, 11) is 0. The van der Waals surface area contributed by atoms with E-state index in [4.69, 9.17) is 0 Å². The minimum Gasteiger partial charge on any atom is -0.478 e. The Kier molecular flexibility index (Phi) is 6.87. The molecule has 176 valence electrons. The lowest BCUT2D eigenvalue weighted by Crippen LogP contribution is -2.07. The number of pyridine rings is 1. The summed E-state index contributed by atoms with van der Waals surface area (Å²) in [6, 6.07) is 13.4. The predicted molar refractivity (Wildman–Crippen MR) is 127 cm³/mol. The highest BCUT2D eigenvalue weighted by Gasteiger charge is 2.17. The summed E-state index contributed by atoms with van der Waals surface area (Å²) in [5.41, 5.74) is 2.27. The lowest BCUT2D eigenvalue weighted by atomic mass is 10.1. The van der Waals surface area contributed by atoms with Crippen molar-refractivity contribution in [2.24, 2.45) is 5.92 Å². The van der Waals surface area contributed by atoms with Crippen LogP contribution in [0.3, 0.4) is 0 Å². The van der Waals surface area contributed by atoms with Crippen molar-refractivity contribution in [2.45, 2.75) is 26.9 Å². The number of rotatable bonds is 9. The molecule has 4 aromatic rings. The summed E-state index contributed by atoms with van der Waals surface area (Å²) in [6.07, 6.45) is 2.31. The van der Waals surface area contributed by atoms with Gasteiger partial charge in [-0.3, -0.25) is 0 Å². The Bertz CT molecular complexity index is 1270. The molecule has 2 N–H and O–H groups in total. The Hall–Kier alpha value is -3.79. The molecule has 0 radical (unpaired) electrons. The number of aromatic carboxylic acids is 1. The number of nitrogens with zero attached hydrogens (tertiary/aromatic N) is 3. The maximum atomic E-state index is 12.5. The zero-order valence-corrected chi connectivity index (χ0v) is 19.2. The Morgan fingerprint density at radius 1 is 1.21 bits per heavy atom. The molecule has 0 atom stereocenters. The molecule has 0 saturated carbocycles. The number of nitrogens with one attached hydrogen (secondary N) is 1. The minimum absolute atomic E-state index is 0.0272. The molecule has 4 rings (SSSR count). The first-order valence-corrected chi connectivity index (χ1v) is 11.4. The molecular weight excluding hydrogens is 462 g/mol. The van der Waals surface area contributed by atoms with Gasteiger partial charge in [-0.2, -0.15) is 8.78 Å². The first kappa shape index (κ1) is 23.4. The molecule has 0 bridgehead atoms. The van der Waals surface area contributed by atoms with Gasteiger partial charge in [-0.15, -0.1) is 16.4 Å². The number of carboxylic acids is 1. The lowest BCUT2D eigenvalue weighted by Gasteiger charge is -2.10. The van der Waals surface area contributed by atoms with Gasteiger partial charge in [0, 0.05) is 28.4 Å². The van der Waals surface area contributed by atoms with Crippen LogP contribution < -0.4 is 10.1 Å². The van der Waals surface area contributed by atoms with E-state index in [0.717, 1.165) is 16.1 Å². The molecule has 0 saturated heterocycles. The van der Waals surface area contributed by atoms with Crippen LogP contribution in [0.2, 0.25) is 0 Å². The van der Waals surface area contributed by atoms with Crippen molar-refractivity contribution in [1.82, 2.24) is 14.8 Å². The average Bonchev–Trinajstić information content (AvgIpc) is 3.44. The summed E-state index contributed by atoms with van der Waals surface area (Å²) >= 11 is 1.50. The number of alkyl halides is 2. The van der Waals surface area contributed by atoms with Crippen molar-refractivity contribution in [1.29, 1.82) is 0 Å². The van der Waals surface area contributed by atoms with Crippen LogP contribution in [0.25, 0.3) is 16.1 Å². The third-order valence-electron chi connectivity index (χ3n) is 4.88. The third-order valence-corrected chi connectivity index (χ3v) is 5.80. The van der Waals surface area contributed by atoms with E-state index in [0.29, 0.717) is 23.8 Å². The quantitative estimate of drug-likeness (QED) is 0.292. The van der Waals surface area contributed by atoms with E-state index in [-0.39, 0.29) is 17.1 Å². The molecule has 1 aromatic carbocycles. The molecule has 0 aliphatic carbocycles. The van der Waals surface area contributed by atoms with Crippen molar-refractivity contribution in [3.8, 4) is 21.9 Å². The third kappa shape index (κ3) is 5.40. The van der Waals surface area contributed by atoms with Gasteiger partial charge in [-0.05, 0) is 54.1 Å². The molecular formula is C24H22F2N4O3S. The summed E-state index contributed by atoms with van der Waals surface area (Å²) in [4.78, 5) is 17.2. The summed E-state index contributed by atoms with van der Waals surface area (Å²) in [5.74, 6) is -0.139. The normalized spacial score (nSPS) is 11.2.